The van der Waals surface area contributed by atoms with Gasteiger partial charge in [0.25, 0.3) is 6.43 Å². The number of hydrogen-bond acceptors (Lipinski definition) is 4. The van der Waals surface area contributed by atoms with Crippen LogP contribution in [-0.2, 0) is 16.0 Å². The zero-order valence-corrected chi connectivity index (χ0v) is 9.57. The van der Waals surface area contributed by atoms with Gasteiger partial charge in [-0.1, -0.05) is 0 Å². The topological polar surface area (TPSA) is 48.4 Å². The van der Waals surface area contributed by atoms with Crippen LogP contribution in [0.5, 0.6) is 5.75 Å². The Balaban J connectivity index is 2.86. The number of carbonyl (C=O) groups excluding carboxylic acids is 1. The molecule has 0 N–H and O–H groups in total. The average Bonchev–Trinajstić information content (AvgIpc) is 2.28. The fourth-order valence-corrected chi connectivity index (χ4v) is 1.30. The van der Waals surface area contributed by atoms with Crippen molar-refractivity contribution in [2.24, 2.45) is 0 Å². The SMILES string of the molecule is CCOC(=O)Cc1cnc(C(F)F)c(OC)c1. The molecule has 1 aromatic rings. The molecule has 1 aromatic heterocycles. The van der Waals surface area contributed by atoms with E-state index in [1.54, 1.807) is 6.92 Å². The predicted molar refractivity (Wildman–Crippen MR) is 56.1 cm³/mol. The number of pyridine rings is 1. The van der Waals surface area contributed by atoms with E-state index < -0.39 is 18.1 Å². The molecule has 0 atom stereocenters. The molecule has 6 heteroatoms. The maximum atomic E-state index is 12.5. The van der Waals surface area contributed by atoms with E-state index in [1.807, 2.05) is 0 Å². The molecule has 4 nitrogen and oxygen atoms in total. The molecule has 94 valence electrons. The second-order valence-electron chi connectivity index (χ2n) is 3.21. The minimum Gasteiger partial charge on any atom is -0.495 e. The van der Waals surface area contributed by atoms with Crippen molar-refractivity contribution >= 4 is 5.97 Å². The summed E-state index contributed by atoms with van der Waals surface area (Å²) in [6.45, 7) is 1.97. The van der Waals surface area contributed by atoms with Crippen molar-refractivity contribution in [2.75, 3.05) is 13.7 Å². The van der Waals surface area contributed by atoms with E-state index in [2.05, 4.69) is 4.98 Å². The molecule has 0 spiro atoms. The Bertz CT molecular complexity index is 396. The monoisotopic (exact) mass is 245 g/mol. The Labute approximate surface area is 97.6 Å². The van der Waals surface area contributed by atoms with Crippen LogP contribution >= 0.6 is 0 Å². The highest BCUT2D eigenvalue weighted by Crippen LogP contribution is 2.27. The van der Waals surface area contributed by atoms with Crippen LogP contribution in [0, 0.1) is 0 Å². The molecule has 0 fully saturated rings. The molecule has 0 radical (unpaired) electrons. The number of alkyl halides is 2. The van der Waals surface area contributed by atoms with E-state index >= 15 is 0 Å². The highest BCUT2D eigenvalue weighted by atomic mass is 19.3. The lowest BCUT2D eigenvalue weighted by Crippen LogP contribution is -2.08. The summed E-state index contributed by atoms with van der Waals surface area (Å²) >= 11 is 0. The Hall–Kier alpha value is -1.72. The Morgan fingerprint density at radius 2 is 2.24 bits per heavy atom. The van der Waals surface area contributed by atoms with E-state index in [9.17, 15) is 13.6 Å². The quantitative estimate of drug-likeness (QED) is 0.745. The van der Waals surface area contributed by atoms with Crippen LogP contribution in [0.4, 0.5) is 8.78 Å². The van der Waals surface area contributed by atoms with Gasteiger partial charge >= 0.3 is 5.97 Å². The summed E-state index contributed by atoms with van der Waals surface area (Å²) in [6.07, 6.45) is -1.50. The highest BCUT2D eigenvalue weighted by molar-refractivity contribution is 5.72. The first-order valence-electron chi connectivity index (χ1n) is 5.05. The number of rotatable bonds is 5. The highest BCUT2D eigenvalue weighted by Gasteiger charge is 2.17. The molecule has 1 heterocycles. The summed E-state index contributed by atoms with van der Waals surface area (Å²) in [4.78, 5) is 14.8. The Morgan fingerprint density at radius 3 is 2.76 bits per heavy atom. The molecule has 1 rings (SSSR count). The second kappa shape index (κ2) is 6.12. The summed E-state index contributed by atoms with van der Waals surface area (Å²) in [5, 5.41) is 0. The van der Waals surface area contributed by atoms with E-state index in [0.717, 1.165) is 0 Å². The van der Waals surface area contributed by atoms with Crippen molar-refractivity contribution in [3.05, 3.63) is 23.5 Å². The third-order valence-electron chi connectivity index (χ3n) is 2.02. The molecule has 0 bridgehead atoms. The van der Waals surface area contributed by atoms with E-state index in [4.69, 9.17) is 9.47 Å². The molecular formula is C11H13F2NO3. The van der Waals surface area contributed by atoms with Gasteiger partial charge in [0, 0.05) is 6.20 Å². The molecule has 0 unspecified atom stereocenters. The number of halogens is 2. The zero-order valence-electron chi connectivity index (χ0n) is 9.57. The number of aromatic nitrogens is 1. The van der Waals surface area contributed by atoms with Gasteiger partial charge in [-0.25, -0.2) is 8.78 Å². The van der Waals surface area contributed by atoms with Gasteiger partial charge in [-0.05, 0) is 18.6 Å². The number of hydrogen-bond donors (Lipinski definition) is 0. The van der Waals surface area contributed by atoms with Gasteiger partial charge in [-0.15, -0.1) is 0 Å². The summed E-state index contributed by atoms with van der Waals surface area (Å²) in [6, 6.07) is 1.37. The third kappa shape index (κ3) is 3.65. The van der Waals surface area contributed by atoms with Crippen molar-refractivity contribution in [3.8, 4) is 5.75 Å². The number of methoxy groups -OCH3 is 1. The lowest BCUT2D eigenvalue weighted by atomic mass is 10.2. The Morgan fingerprint density at radius 1 is 1.53 bits per heavy atom. The maximum absolute atomic E-state index is 12.5. The summed E-state index contributed by atoms with van der Waals surface area (Å²) in [7, 11) is 1.27. The molecule has 0 aromatic carbocycles. The predicted octanol–water partition coefficient (Wildman–Crippen LogP) is 2.13. The number of esters is 1. The number of nitrogens with zero attached hydrogens (tertiary/aromatic N) is 1. The van der Waals surface area contributed by atoms with Crippen molar-refractivity contribution in [2.45, 2.75) is 19.8 Å². The smallest absolute Gasteiger partial charge is 0.310 e. The van der Waals surface area contributed by atoms with Crippen LogP contribution in [0.25, 0.3) is 0 Å². The molecule has 0 aliphatic rings. The van der Waals surface area contributed by atoms with Crippen molar-refractivity contribution < 1.29 is 23.0 Å². The lowest BCUT2D eigenvalue weighted by Gasteiger charge is -2.08. The van der Waals surface area contributed by atoms with Gasteiger partial charge in [0.15, 0.2) is 0 Å². The summed E-state index contributed by atoms with van der Waals surface area (Å²) < 4.78 is 34.5. The van der Waals surface area contributed by atoms with E-state index in [1.165, 1.54) is 19.4 Å². The van der Waals surface area contributed by atoms with Gasteiger partial charge in [0.05, 0.1) is 20.1 Å². The lowest BCUT2D eigenvalue weighted by molar-refractivity contribution is -0.142. The first kappa shape index (κ1) is 13.3. The van der Waals surface area contributed by atoms with Crippen LogP contribution in [0.2, 0.25) is 0 Å². The van der Waals surface area contributed by atoms with Gasteiger partial charge in [0.2, 0.25) is 0 Å². The van der Waals surface area contributed by atoms with Crippen molar-refractivity contribution in [1.82, 2.24) is 4.98 Å². The minimum atomic E-state index is -2.71. The molecule has 0 aliphatic heterocycles. The van der Waals surface area contributed by atoms with Crippen LogP contribution in [-0.4, -0.2) is 24.7 Å². The number of ether oxygens (including phenoxy) is 2. The molecule has 0 saturated carbocycles. The first-order chi connectivity index (χ1) is 8.08. The molecule has 0 amide bonds. The summed E-state index contributed by atoms with van der Waals surface area (Å²) in [5.74, 6) is -0.456. The first-order valence-corrected chi connectivity index (χ1v) is 5.05. The van der Waals surface area contributed by atoms with E-state index in [-0.39, 0.29) is 18.8 Å². The molecule has 0 aliphatic carbocycles. The molecular weight excluding hydrogens is 232 g/mol. The second-order valence-corrected chi connectivity index (χ2v) is 3.21. The molecule has 0 saturated heterocycles. The standard InChI is InChI=1S/C11H13F2NO3/c1-3-17-9(15)5-7-4-8(16-2)10(11(12)13)14-6-7/h4,6,11H,3,5H2,1-2H3. The van der Waals surface area contributed by atoms with Crippen LogP contribution in [0.15, 0.2) is 12.3 Å². The average molecular weight is 245 g/mol. The van der Waals surface area contributed by atoms with Gasteiger partial charge in [-0.2, -0.15) is 0 Å². The van der Waals surface area contributed by atoms with Crippen LogP contribution < -0.4 is 4.74 Å². The van der Waals surface area contributed by atoms with Crippen LogP contribution in [0.1, 0.15) is 24.6 Å². The molecule has 17 heavy (non-hydrogen) atoms. The number of carbonyl (C=O) groups is 1. The minimum absolute atomic E-state index is 0.0132. The summed E-state index contributed by atoms with van der Waals surface area (Å²) in [5.41, 5.74) is 0.0461. The van der Waals surface area contributed by atoms with Gasteiger partial charge < -0.3 is 9.47 Å². The van der Waals surface area contributed by atoms with E-state index in [0.29, 0.717) is 5.56 Å². The maximum Gasteiger partial charge on any atom is 0.310 e. The van der Waals surface area contributed by atoms with Gasteiger partial charge in [0.1, 0.15) is 11.4 Å². The normalized spacial score (nSPS) is 10.4. The van der Waals surface area contributed by atoms with Crippen molar-refractivity contribution in [3.63, 3.8) is 0 Å². The Kier molecular flexibility index (Phi) is 4.81. The van der Waals surface area contributed by atoms with Crippen LogP contribution in [0.3, 0.4) is 0 Å². The fourth-order valence-electron chi connectivity index (χ4n) is 1.30. The zero-order chi connectivity index (χ0) is 12.8. The largest absolute Gasteiger partial charge is 0.495 e. The van der Waals surface area contributed by atoms with Crippen molar-refractivity contribution in [1.29, 1.82) is 0 Å². The third-order valence-corrected chi connectivity index (χ3v) is 2.02. The van der Waals surface area contributed by atoms with Gasteiger partial charge in [-0.3, -0.25) is 9.78 Å². The fraction of sp³-hybridized carbons (Fsp3) is 0.455.